The highest BCUT2D eigenvalue weighted by Crippen LogP contribution is 2.31. The molecule has 25 heavy (non-hydrogen) atoms. The number of unbranched alkanes of at least 4 members (excludes halogenated alkanes) is 1. The molecular weight excluding hydrogens is 386 g/mol. The topological polar surface area (TPSA) is 55.8 Å². The van der Waals surface area contributed by atoms with E-state index < -0.39 is 17.7 Å². The Balaban J connectivity index is 2.30. The molecule has 0 aliphatic carbocycles. The first kappa shape index (κ1) is 19.8. The summed E-state index contributed by atoms with van der Waals surface area (Å²) in [5.41, 5.74) is 0.312. The molecule has 1 saturated heterocycles. The van der Waals surface area contributed by atoms with E-state index in [-0.39, 0.29) is 18.6 Å². The van der Waals surface area contributed by atoms with Crippen LogP contribution in [0.5, 0.6) is 0 Å². The summed E-state index contributed by atoms with van der Waals surface area (Å²) >= 11 is 3.40. The maximum atomic E-state index is 12.9. The SMILES string of the molecule is CC(C)(C)OC(=O)N1[C@@H](c2ccccc2)COC(=O)[C@@H]1CCCCBr. The van der Waals surface area contributed by atoms with Gasteiger partial charge in [0.15, 0.2) is 0 Å². The number of ether oxygens (including phenoxy) is 2. The van der Waals surface area contributed by atoms with Gasteiger partial charge >= 0.3 is 12.1 Å². The summed E-state index contributed by atoms with van der Waals surface area (Å²) in [4.78, 5) is 26.8. The van der Waals surface area contributed by atoms with Crippen molar-refractivity contribution in [2.45, 2.75) is 57.7 Å². The van der Waals surface area contributed by atoms with Crippen LogP contribution in [0.25, 0.3) is 0 Å². The zero-order chi connectivity index (χ0) is 18.4. The lowest BCUT2D eigenvalue weighted by Crippen LogP contribution is -2.54. The monoisotopic (exact) mass is 411 g/mol. The van der Waals surface area contributed by atoms with Crippen molar-refractivity contribution < 1.29 is 19.1 Å². The van der Waals surface area contributed by atoms with Gasteiger partial charge in [0.05, 0.1) is 6.04 Å². The van der Waals surface area contributed by atoms with E-state index in [1.54, 1.807) is 4.90 Å². The summed E-state index contributed by atoms with van der Waals surface area (Å²) in [5, 5.41) is 0.864. The summed E-state index contributed by atoms with van der Waals surface area (Å²) in [6, 6.07) is 8.69. The Morgan fingerprint density at radius 1 is 1.28 bits per heavy atom. The number of esters is 1. The molecule has 1 aromatic carbocycles. The molecule has 5 nitrogen and oxygen atoms in total. The number of nitrogens with zero attached hydrogens (tertiary/aromatic N) is 1. The fourth-order valence-corrected chi connectivity index (χ4v) is 3.26. The van der Waals surface area contributed by atoms with Crippen LogP contribution >= 0.6 is 15.9 Å². The molecule has 0 unspecified atom stereocenters. The molecule has 0 radical (unpaired) electrons. The van der Waals surface area contributed by atoms with Crippen LogP contribution in [-0.2, 0) is 14.3 Å². The van der Waals surface area contributed by atoms with E-state index in [1.807, 2.05) is 51.1 Å². The average Bonchev–Trinajstić information content (AvgIpc) is 2.55. The predicted molar refractivity (Wildman–Crippen MR) is 99.6 cm³/mol. The summed E-state index contributed by atoms with van der Waals surface area (Å²) < 4.78 is 11.0. The van der Waals surface area contributed by atoms with Gasteiger partial charge in [0, 0.05) is 5.33 Å². The molecule has 138 valence electrons. The van der Waals surface area contributed by atoms with E-state index in [2.05, 4.69) is 15.9 Å². The van der Waals surface area contributed by atoms with Crippen LogP contribution in [0.3, 0.4) is 0 Å². The van der Waals surface area contributed by atoms with Crippen molar-refractivity contribution >= 4 is 28.0 Å². The molecule has 1 aliphatic heterocycles. The van der Waals surface area contributed by atoms with Crippen molar-refractivity contribution in [3.8, 4) is 0 Å². The molecule has 2 atom stereocenters. The standard InChI is InChI=1S/C19H26BrNO4/c1-19(2,3)25-18(23)21-15(11-7-8-12-20)17(22)24-13-16(21)14-9-5-4-6-10-14/h4-6,9-10,15-16H,7-8,11-13H2,1-3H3/t15-,16+/m0/s1. The van der Waals surface area contributed by atoms with Crippen molar-refractivity contribution in [2.75, 3.05) is 11.9 Å². The Bertz CT molecular complexity index is 585. The van der Waals surface area contributed by atoms with Crippen LogP contribution in [0.1, 0.15) is 51.6 Å². The third-order valence-corrected chi connectivity index (χ3v) is 4.54. The van der Waals surface area contributed by atoms with E-state index in [0.717, 1.165) is 23.7 Å². The van der Waals surface area contributed by atoms with Gasteiger partial charge < -0.3 is 9.47 Å². The highest BCUT2D eigenvalue weighted by molar-refractivity contribution is 9.09. The first-order valence-corrected chi connectivity index (χ1v) is 9.74. The Hall–Kier alpha value is -1.56. The Kier molecular flexibility index (Phi) is 6.87. The molecule has 6 heteroatoms. The van der Waals surface area contributed by atoms with Crippen LogP contribution in [0.15, 0.2) is 30.3 Å². The molecule has 1 aliphatic rings. The minimum atomic E-state index is -0.625. The van der Waals surface area contributed by atoms with Gasteiger partial charge in [-0.15, -0.1) is 0 Å². The number of morpholine rings is 1. The molecular formula is C19H26BrNO4. The number of cyclic esters (lactones) is 1. The number of hydrogen-bond acceptors (Lipinski definition) is 4. The number of halogens is 1. The van der Waals surface area contributed by atoms with Gasteiger partial charge in [0.1, 0.15) is 18.2 Å². The van der Waals surface area contributed by atoms with E-state index in [9.17, 15) is 9.59 Å². The maximum absolute atomic E-state index is 12.9. The predicted octanol–water partition coefficient (Wildman–Crippen LogP) is 4.46. The number of alkyl halides is 1. The van der Waals surface area contributed by atoms with Gasteiger partial charge in [0.25, 0.3) is 0 Å². The first-order chi connectivity index (χ1) is 11.8. The van der Waals surface area contributed by atoms with Crippen molar-refractivity contribution in [3.05, 3.63) is 35.9 Å². The average molecular weight is 412 g/mol. The van der Waals surface area contributed by atoms with Crippen LogP contribution in [0.4, 0.5) is 4.79 Å². The second-order valence-corrected chi connectivity index (χ2v) is 7.94. The molecule has 0 bridgehead atoms. The summed E-state index contributed by atoms with van der Waals surface area (Å²) in [7, 11) is 0. The molecule has 0 saturated carbocycles. The second kappa shape index (κ2) is 8.70. The lowest BCUT2D eigenvalue weighted by molar-refractivity contribution is -0.162. The fraction of sp³-hybridized carbons (Fsp3) is 0.579. The fourth-order valence-electron chi connectivity index (χ4n) is 2.86. The number of carbonyl (C=O) groups is 2. The van der Waals surface area contributed by atoms with E-state index in [4.69, 9.17) is 9.47 Å². The van der Waals surface area contributed by atoms with Crippen LogP contribution < -0.4 is 0 Å². The van der Waals surface area contributed by atoms with E-state index in [1.165, 1.54) is 0 Å². The Morgan fingerprint density at radius 3 is 2.56 bits per heavy atom. The molecule has 0 aromatic heterocycles. The van der Waals surface area contributed by atoms with Gasteiger partial charge in [-0.3, -0.25) is 4.90 Å². The zero-order valence-corrected chi connectivity index (χ0v) is 16.6. The molecule has 1 aromatic rings. The molecule has 2 rings (SSSR count). The third kappa shape index (κ3) is 5.46. The zero-order valence-electron chi connectivity index (χ0n) is 15.0. The minimum absolute atomic E-state index is 0.150. The van der Waals surface area contributed by atoms with Crippen molar-refractivity contribution in [1.82, 2.24) is 4.90 Å². The highest BCUT2D eigenvalue weighted by Gasteiger charge is 2.43. The van der Waals surface area contributed by atoms with Gasteiger partial charge in [-0.1, -0.05) is 46.3 Å². The number of rotatable bonds is 5. The lowest BCUT2D eigenvalue weighted by Gasteiger charge is -2.41. The van der Waals surface area contributed by atoms with E-state index in [0.29, 0.717) is 6.42 Å². The smallest absolute Gasteiger partial charge is 0.411 e. The molecule has 1 amide bonds. The molecule has 1 fully saturated rings. The number of benzene rings is 1. The van der Waals surface area contributed by atoms with Crippen LogP contribution in [0.2, 0.25) is 0 Å². The molecule has 0 spiro atoms. The largest absolute Gasteiger partial charge is 0.462 e. The lowest BCUT2D eigenvalue weighted by atomic mass is 9.99. The molecule has 0 N–H and O–H groups in total. The number of carbonyl (C=O) groups excluding carboxylic acids is 2. The second-order valence-electron chi connectivity index (χ2n) is 7.14. The third-order valence-electron chi connectivity index (χ3n) is 3.98. The van der Waals surface area contributed by atoms with Gasteiger partial charge in [0.2, 0.25) is 0 Å². The number of hydrogen-bond donors (Lipinski definition) is 0. The Morgan fingerprint density at radius 2 is 1.96 bits per heavy atom. The maximum Gasteiger partial charge on any atom is 0.411 e. The van der Waals surface area contributed by atoms with Gasteiger partial charge in [-0.2, -0.15) is 0 Å². The quantitative estimate of drug-likeness (QED) is 0.407. The first-order valence-electron chi connectivity index (χ1n) is 8.62. The van der Waals surface area contributed by atoms with Crippen molar-refractivity contribution in [1.29, 1.82) is 0 Å². The van der Waals surface area contributed by atoms with Crippen LogP contribution in [-0.4, -0.2) is 40.5 Å². The Labute approximate surface area is 157 Å². The normalized spacial score (nSPS) is 21.0. The summed E-state index contributed by atoms with van der Waals surface area (Å²) in [5.74, 6) is -0.354. The van der Waals surface area contributed by atoms with Gasteiger partial charge in [-0.05, 0) is 45.6 Å². The molecule has 1 heterocycles. The highest BCUT2D eigenvalue weighted by atomic mass is 79.9. The summed E-state index contributed by atoms with van der Waals surface area (Å²) in [6.07, 6.45) is 1.85. The minimum Gasteiger partial charge on any atom is -0.462 e. The van der Waals surface area contributed by atoms with Crippen molar-refractivity contribution in [3.63, 3.8) is 0 Å². The van der Waals surface area contributed by atoms with Crippen molar-refractivity contribution in [2.24, 2.45) is 0 Å². The van der Waals surface area contributed by atoms with Gasteiger partial charge in [-0.25, -0.2) is 9.59 Å². The summed E-state index contributed by atoms with van der Waals surface area (Å²) in [6.45, 7) is 5.62. The number of amides is 1. The van der Waals surface area contributed by atoms with Crippen LogP contribution in [0, 0.1) is 0 Å². The van der Waals surface area contributed by atoms with E-state index >= 15 is 0 Å².